The van der Waals surface area contributed by atoms with Crippen molar-refractivity contribution in [3.05, 3.63) is 23.8 Å². The minimum atomic E-state index is -0.859. The maximum absolute atomic E-state index is 12.8. The Morgan fingerprint density at radius 3 is 2.55 bits per heavy atom. The molecule has 2 unspecified atom stereocenters. The second kappa shape index (κ2) is 6.68. The fraction of sp³-hybridized carbons (Fsp3) is 0.500. The fourth-order valence-electron chi connectivity index (χ4n) is 2.73. The highest BCUT2D eigenvalue weighted by Crippen LogP contribution is 2.29. The van der Waals surface area contributed by atoms with E-state index in [4.69, 9.17) is 9.47 Å². The Labute approximate surface area is 129 Å². The van der Waals surface area contributed by atoms with E-state index in [-0.39, 0.29) is 18.5 Å². The molecule has 0 bridgehead atoms. The second-order valence-corrected chi connectivity index (χ2v) is 5.49. The van der Waals surface area contributed by atoms with Crippen LogP contribution in [0.2, 0.25) is 0 Å². The molecule has 1 saturated heterocycles. The predicted octanol–water partition coefficient (Wildman–Crippen LogP) is 2.03. The summed E-state index contributed by atoms with van der Waals surface area (Å²) in [6.07, 6.45) is 1.27. The van der Waals surface area contributed by atoms with E-state index in [1.54, 1.807) is 23.1 Å². The van der Waals surface area contributed by atoms with Gasteiger partial charge in [0.2, 0.25) is 0 Å². The summed E-state index contributed by atoms with van der Waals surface area (Å²) in [5, 5.41) is 9.19. The number of amides is 1. The van der Waals surface area contributed by atoms with Gasteiger partial charge in [-0.2, -0.15) is 0 Å². The number of piperidine rings is 1. The van der Waals surface area contributed by atoms with Gasteiger partial charge in [-0.25, -0.2) is 0 Å². The van der Waals surface area contributed by atoms with Gasteiger partial charge in [-0.3, -0.25) is 9.59 Å². The summed E-state index contributed by atoms with van der Waals surface area (Å²) >= 11 is 0. The van der Waals surface area contributed by atoms with Crippen LogP contribution < -0.4 is 9.47 Å². The van der Waals surface area contributed by atoms with Crippen LogP contribution in [-0.4, -0.2) is 48.7 Å². The topological polar surface area (TPSA) is 76.1 Å². The fourth-order valence-corrected chi connectivity index (χ4v) is 2.73. The molecule has 0 aliphatic carbocycles. The molecule has 0 aromatic heterocycles. The zero-order valence-electron chi connectivity index (χ0n) is 13.0. The van der Waals surface area contributed by atoms with E-state index in [0.29, 0.717) is 29.9 Å². The highest BCUT2D eigenvalue weighted by molar-refractivity contribution is 5.98. The van der Waals surface area contributed by atoms with Gasteiger partial charge in [0.25, 0.3) is 5.91 Å². The Morgan fingerprint density at radius 2 is 1.95 bits per heavy atom. The number of benzene rings is 1. The van der Waals surface area contributed by atoms with E-state index >= 15 is 0 Å². The average molecular weight is 307 g/mol. The quantitative estimate of drug-likeness (QED) is 0.921. The minimum absolute atomic E-state index is 0.000919. The molecular formula is C16H21NO5. The zero-order chi connectivity index (χ0) is 16.3. The van der Waals surface area contributed by atoms with Crippen molar-refractivity contribution in [2.24, 2.45) is 5.92 Å². The lowest BCUT2D eigenvalue weighted by atomic mass is 9.93. The molecule has 1 N–H and O–H groups in total. The van der Waals surface area contributed by atoms with E-state index in [1.165, 1.54) is 14.2 Å². The number of hydrogen-bond acceptors (Lipinski definition) is 4. The number of carbonyl (C=O) groups excluding carboxylic acids is 1. The van der Waals surface area contributed by atoms with Gasteiger partial charge in [-0.05, 0) is 38.0 Å². The van der Waals surface area contributed by atoms with Crippen molar-refractivity contribution in [1.29, 1.82) is 0 Å². The van der Waals surface area contributed by atoms with Crippen molar-refractivity contribution in [1.82, 2.24) is 4.90 Å². The van der Waals surface area contributed by atoms with Crippen LogP contribution in [0.5, 0.6) is 11.5 Å². The summed E-state index contributed by atoms with van der Waals surface area (Å²) in [6, 6.07) is 5.02. The number of carbonyl (C=O) groups is 2. The Balaban J connectivity index is 2.31. The number of hydrogen-bond donors (Lipinski definition) is 1. The molecule has 1 fully saturated rings. The highest BCUT2D eigenvalue weighted by Gasteiger charge is 2.34. The van der Waals surface area contributed by atoms with Crippen LogP contribution >= 0.6 is 0 Å². The molecule has 1 heterocycles. The van der Waals surface area contributed by atoms with Gasteiger partial charge < -0.3 is 19.5 Å². The van der Waals surface area contributed by atoms with Crippen molar-refractivity contribution in [3.63, 3.8) is 0 Å². The summed E-state index contributed by atoms with van der Waals surface area (Å²) in [7, 11) is 3.03. The third-order valence-corrected chi connectivity index (χ3v) is 4.13. The smallest absolute Gasteiger partial charge is 0.308 e. The largest absolute Gasteiger partial charge is 0.497 e. The zero-order valence-corrected chi connectivity index (χ0v) is 13.0. The number of nitrogens with zero attached hydrogens (tertiary/aromatic N) is 1. The molecule has 0 radical (unpaired) electrons. The van der Waals surface area contributed by atoms with Crippen LogP contribution in [0.15, 0.2) is 18.2 Å². The number of rotatable bonds is 4. The third-order valence-electron chi connectivity index (χ3n) is 4.13. The summed E-state index contributed by atoms with van der Waals surface area (Å²) in [5.41, 5.74) is 0.389. The molecule has 1 aromatic rings. The Morgan fingerprint density at radius 1 is 1.23 bits per heavy atom. The predicted molar refractivity (Wildman–Crippen MR) is 80.4 cm³/mol. The number of likely N-dealkylation sites (tertiary alicyclic amines) is 1. The molecule has 1 aliphatic rings. The summed E-state index contributed by atoms with van der Waals surface area (Å²) in [4.78, 5) is 25.6. The molecule has 1 aliphatic heterocycles. The van der Waals surface area contributed by atoms with Crippen LogP contribution in [0, 0.1) is 5.92 Å². The lowest BCUT2D eigenvalue weighted by Gasteiger charge is -2.36. The first-order valence-corrected chi connectivity index (χ1v) is 7.23. The summed E-state index contributed by atoms with van der Waals surface area (Å²) in [5.74, 6) is -0.590. The third kappa shape index (κ3) is 3.16. The van der Waals surface area contributed by atoms with E-state index in [1.807, 2.05) is 6.92 Å². The summed E-state index contributed by atoms with van der Waals surface area (Å²) < 4.78 is 10.4. The van der Waals surface area contributed by atoms with Crippen LogP contribution in [0.3, 0.4) is 0 Å². The molecule has 22 heavy (non-hydrogen) atoms. The number of ether oxygens (including phenoxy) is 2. The first-order valence-electron chi connectivity index (χ1n) is 7.23. The van der Waals surface area contributed by atoms with Gasteiger partial charge in [0.15, 0.2) is 0 Å². The van der Waals surface area contributed by atoms with Gasteiger partial charge >= 0.3 is 5.97 Å². The Kier molecular flexibility index (Phi) is 4.90. The molecule has 1 amide bonds. The minimum Gasteiger partial charge on any atom is -0.497 e. The maximum Gasteiger partial charge on any atom is 0.308 e. The van der Waals surface area contributed by atoms with Crippen molar-refractivity contribution in [3.8, 4) is 11.5 Å². The van der Waals surface area contributed by atoms with E-state index in [0.717, 1.165) is 0 Å². The number of carboxylic acid groups (broad SMARTS) is 1. The first-order chi connectivity index (χ1) is 10.5. The van der Waals surface area contributed by atoms with Crippen LogP contribution in [0.1, 0.15) is 30.1 Å². The molecule has 120 valence electrons. The Hall–Kier alpha value is -2.24. The SMILES string of the molecule is COc1ccc(OC)c(C(=O)N2CC(C(=O)O)CCC2C)c1. The van der Waals surface area contributed by atoms with Gasteiger partial charge in [-0.1, -0.05) is 0 Å². The van der Waals surface area contributed by atoms with Gasteiger partial charge in [0, 0.05) is 12.6 Å². The number of carboxylic acids is 1. The first kappa shape index (κ1) is 16.1. The van der Waals surface area contributed by atoms with Gasteiger partial charge in [-0.15, -0.1) is 0 Å². The van der Waals surface area contributed by atoms with Crippen LogP contribution in [0.4, 0.5) is 0 Å². The molecule has 1 aromatic carbocycles. The average Bonchev–Trinajstić information content (AvgIpc) is 2.53. The second-order valence-electron chi connectivity index (χ2n) is 5.49. The van der Waals surface area contributed by atoms with Gasteiger partial charge in [0.1, 0.15) is 11.5 Å². The van der Waals surface area contributed by atoms with Crippen molar-refractivity contribution >= 4 is 11.9 Å². The molecule has 2 rings (SSSR count). The molecular weight excluding hydrogens is 286 g/mol. The normalized spacial score (nSPS) is 21.3. The Bertz CT molecular complexity index is 572. The number of aliphatic carboxylic acids is 1. The van der Waals surface area contributed by atoms with Gasteiger partial charge in [0.05, 0.1) is 25.7 Å². The number of methoxy groups -OCH3 is 2. The van der Waals surface area contributed by atoms with Crippen LogP contribution in [-0.2, 0) is 4.79 Å². The molecule has 6 heteroatoms. The molecule has 2 atom stereocenters. The van der Waals surface area contributed by atoms with E-state index in [9.17, 15) is 14.7 Å². The highest BCUT2D eigenvalue weighted by atomic mass is 16.5. The standard InChI is InChI=1S/C16H21NO5/c1-10-4-5-11(16(19)20)9-17(10)15(18)13-8-12(21-2)6-7-14(13)22-3/h6-8,10-11H,4-5,9H2,1-3H3,(H,19,20). The van der Waals surface area contributed by atoms with Crippen LogP contribution in [0.25, 0.3) is 0 Å². The molecule has 0 saturated carbocycles. The van der Waals surface area contributed by atoms with Crippen molar-refractivity contribution in [2.45, 2.75) is 25.8 Å². The maximum atomic E-state index is 12.8. The lowest BCUT2D eigenvalue weighted by molar-refractivity contribution is -0.143. The molecule has 0 spiro atoms. The lowest BCUT2D eigenvalue weighted by Crippen LogP contribution is -2.47. The molecule has 6 nitrogen and oxygen atoms in total. The monoisotopic (exact) mass is 307 g/mol. The van der Waals surface area contributed by atoms with Crippen molar-refractivity contribution in [2.75, 3.05) is 20.8 Å². The van der Waals surface area contributed by atoms with E-state index < -0.39 is 11.9 Å². The summed E-state index contributed by atoms with van der Waals surface area (Å²) in [6.45, 7) is 2.15. The van der Waals surface area contributed by atoms with Crippen molar-refractivity contribution < 1.29 is 24.2 Å². The van der Waals surface area contributed by atoms with E-state index in [2.05, 4.69) is 0 Å².